The van der Waals surface area contributed by atoms with Crippen molar-refractivity contribution in [1.82, 2.24) is 15.5 Å². The van der Waals surface area contributed by atoms with Gasteiger partial charge >= 0.3 is 0 Å². The number of amides is 2. The van der Waals surface area contributed by atoms with E-state index in [1.54, 1.807) is 20.8 Å². The van der Waals surface area contributed by atoms with E-state index in [9.17, 15) is 24.9 Å². The Morgan fingerprint density at radius 1 is 1.05 bits per heavy atom. The summed E-state index contributed by atoms with van der Waals surface area (Å²) in [7, 11) is 3.87. The summed E-state index contributed by atoms with van der Waals surface area (Å²) >= 11 is 0. The van der Waals surface area contributed by atoms with E-state index in [4.69, 9.17) is 9.47 Å². The van der Waals surface area contributed by atoms with Crippen LogP contribution in [-0.4, -0.2) is 95.3 Å². The number of benzene rings is 2. The van der Waals surface area contributed by atoms with E-state index < -0.39 is 35.2 Å². The minimum atomic E-state index is -1.54. The molecule has 5 N–H and O–H groups in total. The van der Waals surface area contributed by atoms with E-state index in [1.807, 2.05) is 44.1 Å². The molecule has 10 nitrogen and oxygen atoms in total. The standard InChI is InChI=1S/C33H47N3O7/c1-21-10-15-25(33-29(40)27(38)28(39)32(4,43-33)20-42-33)19-24(21)18-23-13-11-22(12-14-23)8-7-9-26(37)35-31(2,3)30(41)34-16-17-36(5)6/h10-15,19,27-29,38-40H,7-9,16-18,20H2,1-6H3,(H,34,41)(H,35,37)/t27-,28-,29+,32-,33-/m0/s1. The van der Waals surface area contributed by atoms with Crippen molar-refractivity contribution in [3.05, 3.63) is 70.3 Å². The van der Waals surface area contributed by atoms with Crippen molar-refractivity contribution in [2.24, 2.45) is 0 Å². The zero-order valence-electron chi connectivity index (χ0n) is 26.1. The zero-order chi connectivity index (χ0) is 31.6. The van der Waals surface area contributed by atoms with Gasteiger partial charge in [-0.1, -0.05) is 36.4 Å². The van der Waals surface area contributed by atoms with Gasteiger partial charge in [-0.15, -0.1) is 0 Å². The van der Waals surface area contributed by atoms with Crippen LogP contribution >= 0.6 is 0 Å². The van der Waals surface area contributed by atoms with Crippen LogP contribution in [0.1, 0.15) is 61.4 Å². The van der Waals surface area contributed by atoms with Crippen molar-refractivity contribution in [3.8, 4) is 0 Å². The van der Waals surface area contributed by atoms with Crippen molar-refractivity contribution in [2.45, 2.75) is 88.6 Å². The number of hydrogen-bond donors (Lipinski definition) is 5. The number of ether oxygens (including phenoxy) is 2. The van der Waals surface area contributed by atoms with Crippen molar-refractivity contribution in [3.63, 3.8) is 0 Å². The normalized spacial score (nSPS) is 26.9. The molecule has 2 amide bonds. The number of hydrogen-bond acceptors (Lipinski definition) is 8. The average molecular weight is 598 g/mol. The lowest BCUT2D eigenvalue weighted by Crippen LogP contribution is -2.63. The number of nitrogens with one attached hydrogen (secondary N) is 2. The van der Waals surface area contributed by atoms with Gasteiger partial charge in [0.05, 0.1) is 6.61 Å². The maximum absolute atomic E-state index is 12.5. The molecule has 2 aromatic carbocycles. The Labute approximate surface area is 254 Å². The minimum absolute atomic E-state index is 0.0543. The second-order valence-electron chi connectivity index (χ2n) is 13.0. The molecule has 0 aliphatic carbocycles. The number of fused-ring (bicyclic) bond motifs is 2. The number of carbonyl (C=O) groups excluding carboxylic acids is 2. The highest BCUT2D eigenvalue weighted by molar-refractivity contribution is 5.90. The fraction of sp³-hybridized carbons (Fsp3) is 0.576. The van der Waals surface area contributed by atoms with Crippen molar-refractivity contribution >= 4 is 11.8 Å². The van der Waals surface area contributed by atoms with E-state index in [-0.39, 0.29) is 18.4 Å². The molecular weight excluding hydrogens is 550 g/mol. The second-order valence-corrected chi connectivity index (χ2v) is 13.0. The fourth-order valence-electron chi connectivity index (χ4n) is 5.68. The second kappa shape index (κ2) is 13.0. The summed E-state index contributed by atoms with van der Waals surface area (Å²) in [6.07, 6.45) is -1.73. The maximum atomic E-state index is 12.5. The number of aliphatic hydroxyl groups is 3. The van der Waals surface area contributed by atoms with Gasteiger partial charge < -0.3 is 40.3 Å². The van der Waals surface area contributed by atoms with Crippen LogP contribution in [0.25, 0.3) is 0 Å². The van der Waals surface area contributed by atoms with Crippen LogP contribution in [0.3, 0.4) is 0 Å². The quantitative estimate of drug-likeness (QED) is 0.248. The summed E-state index contributed by atoms with van der Waals surface area (Å²) in [6, 6.07) is 14.0. The number of aryl methyl sites for hydroxylation is 2. The highest BCUT2D eigenvalue weighted by atomic mass is 16.8. The van der Waals surface area contributed by atoms with Crippen LogP contribution in [0.15, 0.2) is 42.5 Å². The third-order valence-electron chi connectivity index (χ3n) is 8.52. The highest BCUT2D eigenvalue weighted by Gasteiger charge is 2.65. The fourth-order valence-corrected chi connectivity index (χ4v) is 5.68. The summed E-state index contributed by atoms with van der Waals surface area (Å²) in [5.74, 6) is -1.90. The van der Waals surface area contributed by atoms with E-state index in [0.29, 0.717) is 31.4 Å². The smallest absolute Gasteiger partial charge is 0.245 e. The number of nitrogens with zero attached hydrogens (tertiary/aromatic N) is 1. The molecule has 0 unspecified atom stereocenters. The lowest BCUT2D eigenvalue weighted by atomic mass is 9.84. The molecule has 2 saturated heterocycles. The maximum Gasteiger partial charge on any atom is 0.245 e. The molecular formula is C33H47N3O7. The topological polar surface area (TPSA) is 141 Å². The summed E-state index contributed by atoms with van der Waals surface area (Å²) in [5, 5.41) is 37.5. The Morgan fingerprint density at radius 3 is 2.40 bits per heavy atom. The molecule has 5 atom stereocenters. The summed E-state index contributed by atoms with van der Waals surface area (Å²) in [6.45, 7) is 8.41. The molecule has 2 fully saturated rings. The van der Waals surface area contributed by atoms with Crippen molar-refractivity contribution in [2.75, 3.05) is 33.8 Å². The molecule has 0 saturated carbocycles. The predicted molar refractivity (Wildman–Crippen MR) is 162 cm³/mol. The average Bonchev–Trinajstić information content (AvgIpc) is 3.30. The summed E-state index contributed by atoms with van der Waals surface area (Å²) in [4.78, 5) is 27.0. The first-order valence-electron chi connectivity index (χ1n) is 15.0. The van der Waals surface area contributed by atoms with E-state index >= 15 is 0 Å². The molecule has 0 aromatic heterocycles. The Bertz CT molecular complexity index is 1300. The molecule has 0 spiro atoms. The molecule has 2 aliphatic rings. The van der Waals surface area contributed by atoms with Crippen LogP contribution in [0.4, 0.5) is 0 Å². The van der Waals surface area contributed by atoms with Crippen LogP contribution in [0, 0.1) is 6.92 Å². The predicted octanol–water partition coefficient (Wildman–Crippen LogP) is 1.54. The van der Waals surface area contributed by atoms with Crippen LogP contribution < -0.4 is 10.6 Å². The van der Waals surface area contributed by atoms with Gasteiger partial charge in [0.25, 0.3) is 0 Å². The minimum Gasteiger partial charge on any atom is -0.387 e. The van der Waals surface area contributed by atoms with Gasteiger partial charge in [0, 0.05) is 25.1 Å². The Balaban J connectivity index is 1.32. The van der Waals surface area contributed by atoms with Gasteiger partial charge in [0.1, 0.15) is 29.5 Å². The SMILES string of the molecule is Cc1ccc([C@]23OC[C@](C)(O2)[C@@H](O)[C@H](O)[C@H]3O)cc1Cc1ccc(CCCC(=O)NC(C)(C)C(=O)NCCN(C)C)cc1. The number of rotatable bonds is 12. The van der Waals surface area contributed by atoms with E-state index in [0.717, 1.165) is 35.2 Å². The summed E-state index contributed by atoms with van der Waals surface area (Å²) in [5.41, 5.74) is 2.81. The van der Waals surface area contributed by atoms with Gasteiger partial charge in [-0.25, -0.2) is 0 Å². The lowest BCUT2D eigenvalue weighted by Gasteiger charge is -2.45. The van der Waals surface area contributed by atoms with Gasteiger partial charge in [0.2, 0.25) is 17.6 Å². The number of likely N-dealkylation sites (N-methyl/N-ethyl adjacent to an activating group) is 1. The zero-order valence-corrected chi connectivity index (χ0v) is 26.1. The molecule has 4 rings (SSSR count). The Morgan fingerprint density at radius 2 is 1.72 bits per heavy atom. The monoisotopic (exact) mass is 597 g/mol. The van der Waals surface area contributed by atoms with Crippen LogP contribution in [0.5, 0.6) is 0 Å². The van der Waals surface area contributed by atoms with Gasteiger partial charge in [-0.3, -0.25) is 9.59 Å². The highest BCUT2D eigenvalue weighted by Crippen LogP contribution is 2.49. The first-order valence-corrected chi connectivity index (χ1v) is 15.0. The van der Waals surface area contributed by atoms with Crippen LogP contribution in [-0.2, 0) is 37.7 Å². The van der Waals surface area contributed by atoms with Crippen molar-refractivity contribution < 1.29 is 34.4 Å². The molecule has 2 aliphatic heterocycles. The van der Waals surface area contributed by atoms with Gasteiger partial charge in [0.15, 0.2) is 0 Å². The molecule has 2 bridgehead atoms. The first-order chi connectivity index (χ1) is 20.2. The Hall–Kier alpha value is -2.86. The van der Waals surface area contributed by atoms with Gasteiger partial charge in [-0.05, 0) is 89.4 Å². The van der Waals surface area contributed by atoms with E-state index in [1.165, 1.54) is 0 Å². The summed E-state index contributed by atoms with van der Waals surface area (Å²) < 4.78 is 12.0. The van der Waals surface area contributed by atoms with E-state index in [2.05, 4.69) is 34.9 Å². The van der Waals surface area contributed by atoms with Gasteiger partial charge in [-0.2, -0.15) is 0 Å². The Kier molecular flexibility index (Phi) is 10.0. The third-order valence-corrected chi connectivity index (χ3v) is 8.52. The number of carbonyl (C=O) groups is 2. The first kappa shape index (κ1) is 33.0. The van der Waals surface area contributed by atoms with Crippen LogP contribution in [0.2, 0.25) is 0 Å². The molecule has 2 heterocycles. The molecule has 10 heteroatoms. The molecule has 236 valence electrons. The number of aliphatic hydroxyl groups excluding tert-OH is 3. The molecule has 43 heavy (non-hydrogen) atoms. The molecule has 0 radical (unpaired) electrons. The lowest BCUT2D eigenvalue weighted by molar-refractivity contribution is -0.322. The third kappa shape index (κ3) is 7.28. The van der Waals surface area contributed by atoms with Crippen molar-refractivity contribution in [1.29, 1.82) is 0 Å². The largest absolute Gasteiger partial charge is 0.387 e. The molecule has 2 aromatic rings.